The Morgan fingerprint density at radius 3 is 2.61 bits per heavy atom. The van der Waals surface area contributed by atoms with Gasteiger partial charge < -0.3 is 14.4 Å². The molecule has 7 nitrogen and oxygen atoms in total. The van der Waals surface area contributed by atoms with Crippen molar-refractivity contribution in [2.75, 3.05) is 13.1 Å². The molecule has 1 aromatic carbocycles. The van der Waals surface area contributed by atoms with Crippen LogP contribution >= 0.6 is 0 Å². The maximum Gasteiger partial charge on any atom is 0.410 e. The lowest BCUT2D eigenvalue weighted by atomic mass is 10.0. The number of piperidine rings is 1. The van der Waals surface area contributed by atoms with Gasteiger partial charge in [0, 0.05) is 43.8 Å². The molecule has 0 unspecified atom stereocenters. The highest BCUT2D eigenvalue weighted by Gasteiger charge is 2.26. The van der Waals surface area contributed by atoms with Crippen LogP contribution in [-0.4, -0.2) is 50.9 Å². The minimum atomic E-state index is -0.299. The highest BCUT2D eigenvalue weighted by atomic mass is 19.1. The van der Waals surface area contributed by atoms with Gasteiger partial charge in [-0.3, -0.25) is 0 Å². The lowest BCUT2D eigenvalue weighted by molar-refractivity contribution is 0.0502. The molecule has 8 heteroatoms. The van der Waals surface area contributed by atoms with Gasteiger partial charge in [0.25, 0.3) is 0 Å². The van der Waals surface area contributed by atoms with Crippen LogP contribution in [0.25, 0.3) is 16.8 Å². The SMILES string of the molecule is Cc1ccc(-c2c(C)nn3c(OC4CCN(C(=O)OC(C)C)CC4)ccnc23)c(F)c1. The molecule has 1 saturated heterocycles. The van der Waals surface area contributed by atoms with E-state index in [0.717, 1.165) is 5.56 Å². The molecule has 0 bridgehead atoms. The molecular formula is C23H27FN4O3. The van der Waals surface area contributed by atoms with Crippen molar-refractivity contribution in [3.63, 3.8) is 0 Å². The number of fused-ring (bicyclic) bond motifs is 1. The van der Waals surface area contributed by atoms with Gasteiger partial charge in [0.05, 0.1) is 17.4 Å². The Balaban J connectivity index is 1.55. The molecule has 0 saturated carbocycles. The van der Waals surface area contributed by atoms with E-state index in [9.17, 15) is 9.18 Å². The van der Waals surface area contributed by atoms with E-state index in [4.69, 9.17) is 9.47 Å². The Morgan fingerprint density at radius 1 is 1.19 bits per heavy atom. The number of halogens is 1. The summed E-state index contributed by atoms with van der Waals surface area (Å²) in [6.45, 7) is 8.51. The summed E-state index contributed by atoms with van der Waals surface area (Å²) in [6.07, 6.45) is 2.55. The third kappa shape index (κ3) is 4.33. The molecule has 1 amide bonds. The number of nitrogens with zero attached hydrogens (tertiary/aromatic N) is 4. The number of rotatable bonds is 4. The maximum atomic E-state index is 14.6. The van der Waals surface area contributed by atoms with Crippen LogP contribution in [-0.2, 0) is 4.74 Å². The Labute approximate surface area is 180 Å². The second-order valence-electron chi connectivity index (χ2n) is 8.20. The van der Waals surface area contributed by atoms with E-state index in [1.165, 1.54) is 6.07 Å². The Morgan fingerprint density at radius 2 is 1.94 bits per heavy atom. The van der Waals surface area contributed by atoms with Crippen molar-refractivity contribution in [1.82, 2.24) is 19.5 Å². The van der Waals surface area contributed by atoms with Crippen LogP contribution in [0.3, 0.4) is 0 Å². The van der Waals surface area contributed by atoms with Crippen LogP contribution in [0.1, 0.15) is 37.9 Å². The van der Waals surface area contributed by atoms with Gasteiger partial charge in [0.1, 0.15) is 11.9 Å². The molecule has 164 valence electrons. The molecule has 4 rings (SSSR count). The lowest BCUT2D eigenvalue weighted by Gasteiger charge is -2.31. The number of aromatic nitrogens is 3. The van der Waals surface area contributed by atoms with Crippen LogP contribution < -0.4 is 4.74 Å². The number of carbonyl (C=O) groups is 1. The first-order chi connectivity index (χ1) is 14.8. The Bertz CT molecular complexity index is 1100. The normalized spacial score (nSPS) is 15.0. The molecule has 3 aromatic rings. The quantitative estimate of drug-likeness (QED) is 0.613. The smallest absolute Gasteiger partial charge is 0.410 e. The monoisotopic (exact) mass is 426 g/mol. The molecule has 1 aliphatic rings. The molecule has 1 aliphatic heterocycles. The van der Waals surface area contributed by atoms with Crippen molar-refractivity contribution in [3.8, 4) is 17.0 Å². The van der Waals surface area contributed by atoms with Gasteiger partial charge in [-0.15, -0.1) is 0 Å². The van der Waals surface area contributed by atoms with E-state index in [-0.39, 0.29) is 24.1 Å². The molecule has 0 N–H and O–H groups in total. The molecule has 0 spiro atoms. The van der Waals surface area contributed by atoms with Gasteiger partial charge in [-0.25, -0.2) is 14.2 Å². The number of ether oxygens (including phenoxy) is 2. The second-order valence-corrected chi connectivity index (χ2v) is 8.20. The predicted molar refractivity (Wildman–Crippen MR) is 115 cm³/mol. The summed E-state index contributed by atoms with van der Waals surface area (Å²) in [6, 6.07) is 6.90. The topological polar surface area (TPSA) is 69.0 Å². The third-order valence-electron chi connectivity index (χ3n) is 5.38. The molecule has 0 aliphatic carbocycles. The van der Waals surface area contributed by atoms with Crippen molar-refractivity contribution in [2.45, 2.75) is 52.7 Å². The van der Waals surface area contributed by atoms with E-state index in [1.807, 2.05) is 33.8 Å². The van der Waals surface area contributed by atoms with E-state index in [0.29, 0.717) is 54.3 Å². The van der Waals surface area contributed by atoms with Crippen molar-refractivity contribution in [3.05, 3.63) is 47.5 Å². The average Bonchev–Trinajstić information content (AvgIpc) is 3.05. The zero-order valence-electron chi connectivity index (χ0n) is 18.3. The zero-order chi connectivity index (χ0) is 22.1. The number of amides is 1. The van der Waals surface area contributed by atoms with Crippen LogP contribution in [0.5, 0.6) is 5.88 Å². The number of hydrogen-bond donors (Lipinski definition) is 0. The van der Waals surface area contributed by atoms with Gasteiger partial charge in [0.2, 0.25) is 5.88 Å². The predicted octanol–water partition coefficient (Wildman–Crippen LogP) is 4.54. The standard InChI is InChI=1S/C23H27FN4O3/c1-14(2)30-23(29)27-11-8-17(9-12-27)31-20-7-10-25-22-21(16(4)26-28(20)22)18-6-5-15(3)13-19(18)24/h5-7,10,13-14,17H,8-9,11-12H2,1-4H3. The third-order valence-corrected chi connectivity index (χ3v) is 5.38. The first-order valence-electron chi connectivity index (χ1n) is 10.6. The fraction of sp³-hybridized carbons (Fsp3) is 0.435. The fourth-order valence-electron chi connectivity index (χ4n) is 3.86. The van der Waals surface area contributed by atoms with Gasteiger partial charge >= 0.3 is 6.09 Å². The van der Waals surface area contributed by atoms with Gasteiger partial charge in [-0.05, 0) is 39.3 Å². The largest absolute Gasteiger partial charge is 0.474 e. The first-order valence-corrected chi connectivity index (χ1v) is 10.6. The van der Waals surface area contributed by atoms with Crippen molar-refractivity contribution >= 4 is 11.7 Å². The van der Waals surface area contributed by atoms with E-state index >= 15 is 0 Å². The zero-order valence-corrected chi connectivity index (χ0v) is 18.3. The van der Waals surface area contributed by atoms with Gasteiger partial charge in [0.15, 0.2) is 5.65 Å². The number of benzene rings is 1. The highest BCUT2D eigenvalue weighted by molar-refractivity contribution is 5.80. The molecule has 0 atom stereocenters. The molecule has 0 radical (unpaired) electrons. The lowest BCUT2D eigenvalue weighted by Crippen LogP contribution is -2.42. The maximum absolute atomic E-state index is 14.6. The molecule has 2 aromatic heterocycles. The molecule has 1 fully saturated rings. The number of aryl methyl sites for hydroxylation is 2. The van der Waals surface area contributed by atoms with Crippen molar-refractivity contribution < 1.29 is 18.7 Å². The van der Waals surface area contributed by atoms with Gasteiger partial charge in [-0.1, -0.05) is 12.1 Å². The number of likely N-dealkylation sites (tertiary alicyclic amines) is 1. The van der Waals surface area contributed by atoms with Gasteiger partial charge in [-0.2, -0.15) is 9.61 Å². The summed E-state index contributed by atoms with van der Waals surface area (Å²) in [4.78, 5) is 18.2. The minimum Gasteiger partial charge on any atom is -0.474 e. The highest BCUT2D eigenvalue weighted by Crippen LogP contribution is 2.32. The molecular weight excluding hydrogens is 399 g/mol. The fourth-order valence-corrected chi connectivity index (χ4v) is 3.86. The summed E-state index contributed by atoms with van der Waals surface area (Å²) in [5.41, 5.74) is 3.22. The second kappa shape index (κ2) is 8.53. The van der Waals surface area contributed by atoms with Crippen molar-refractivity contribution in [1.29, 1.82) is 0 Å². The van der Waals surface area contributed by atoms with E-state index in [2.05, 4.69) is 10.1 Å². The van der Waals surface area contributed by atoms with Crippen LogP contribution in [0, 0.1) is 19.7 Å². The summed E-state index contributed by atoms with van der Waals surface area (Å²) < 4.78 is 27.8. The minimum absolute atomic E-state index is 0.0576. The Hall–Kier alpha value is -3.16. The first kappa shape index (κ1) is 21.1. The molecule has 31 heavy (non-hydrogen) atoms. The summed E-state index contributed by atoms with van der Waals surface area (Å²) in [5.74, 6) is 0.252. The summed E-state index contributed by atoms with van der Waals surface area (Å²) in [7, 11) is 0. The van der Waals surface area contributed by atoms with E-state index in [1.54, 1.807) is 27.7 Å². The van der Waals surface area contributed by atoms with Crippen LogP contribution in [0.2, 0.25) is 0 Å². The Kier molecular flexibility index (Phi) is 5.80. The van der Waals surface area contributed by atoms with Crippen LogP contribution in [0.15, 0.2) is 30.5 Å². The van der Waals surface area contributed by atoms with Crippen LogP contribution in [0.4, 0.5) is 9.18 Å². The average molecular weight is 426 g/mol. The summed E-state index contributed by atoms with van der Waals surface area (Å²) >= 11 is 0. The number of hydrogen-bond acceptors (Lipinski definition) is 5. The molecule has 3 heterocycles. The van der Waals surface area contributed by atoms with Crippen molar-refractivity contribution in [2.24, 2.45) is 0 Å². The number of carbonyl (C=O) groups excluding carboxylic acids is 1. The van der Waals surface area contributed by atoms with E-state index < -0.39 is 0 Å². The summed E-state index contributed by atoms with van der Waals surface area (Å²) in [5, 5.41) is 4.57.